The van der Waals surface area contributed by atoms with Crippen LogP contribution in [-0.2, 0) is 10.0 Å². The van der Waals surface area contributed by atoms with Gasteiger partial charge in [-0.05, 0) is 12.3 Å². The minimum Gasteiger partial charge on any atom is -0.329 e. The van der Waals surface area contributed by atoms with Gasteiger partial charge in [-0.2, -0.15) is 4.31 Å². The first-order chi connectivity index (χ1) is 6.01. The molecule has 5 heteroatoms. The molecule has 1 saturated heterocycles. The summed E-state index contributed by atoms with van der Waals surface area (Å²) in [7, 11) is -3.01. The van der Waals surface area contributed by atoms with E-state index in [1.54, 1.807) is 4.31 Å². The lowest BCUT2D eigenvalue weighted by Gasteiger charge is -2.23. The monoisotopic (exact) mass is 206 g/mol. The first kappa shape index (κ1) is 10.9. The molecule has 2 unspecified atom stereocenters. The lowest BCUT2D eigenvalue weighted by atomic mass is 10.2. The maximum Gasteiger partial charge on any atom is 0.214 e. The predicted molar refractivity (Wildman–Crippen MR) is 52.8 cm³/mol. The van der Waals surface area contributed by atoms with Crippen LogP contribution in [0.25, 0.3) is 0 Å². The van der Waals surface area contributed by atoms with Crippen LogP contribution in [-0.4, -0.2) is 37.6 Å². The Morgan fingerprint density at radius 1 is 1.62 bits per heavy atom. The van der Waals surface area contributed by atoms with Crippen molar-refractivity contribution in [2.24, 2.45) is 11.7 Å². The fraction of sp³-hybridized carbons (Fsp3) is 1.00. The molecule has 1 heterocycles. The van der Waals surface area contributed by atoms with Gasteiger partial charge in [0.1, 0.15) is 0 Å². The third-order valence-electron chi connectivity index (χ3n) is 2.49. The van der Waals surface area contributed by atoms with Gasteiger partial charge in [0.25, 0.3) is 0 Å². The predicted octanol–water partition coefficient (Wildman–Crippen LogP) is 0.00520. The van der Waals surface area contributed by atoms with Gasteiger partial charge < -0.3 is 5.73 Å². The molecular formula is C8H18N2O2S. The normalized spacial score (nSPS) is 30.5. The smallest absolute Gasteiger partial charge is 0.214 e. The Labute approximate surface area is 80.1 Å². The highest BCUT2D eigenvalue weighted by Gasteiger charge is 2.36. The van der Waals surface area contributed by atoms with E-state index in [0.29, 0.717) is 13.1 Å². The van der Waals surface area contributed by atoms with E-state index in [-0.39, 0.29) is 17.7 Å². The zero-order chi connectivity index (χ0) is 10.1. The molecule has 13 heavy (non-hydrogen) atoms. The maximum absolute atomic E-state index is 11.6. The number of sulfonamides is 1. The van der Waals surface area contributed by atoms with Crippen LogP contribution in [0.15, 0.2) is 0 Å². The molecule has 0 bridgehead atoms. The maximum atomic E-state index is 11.6. The Kier molecular flexibility index (Phi) is 3.32. The molecule has 2 atom stereocenters. The van der Waals surface area contributed by atoms with E-state index < -0.39 is 10.0 Å². The Balaban J connectivity index is 2.80. The van der Waals surface area contributed by atoms with Gasteiger partial charge in [-0.3, -0.25) is 0 Å². The van der Waals surface area contributed by atoms with E-state index in [1.165, 1.54) is 0 Å². The summed E-state index contributed by atoms with van der Waals surface area (Å²) in [5, 5.41) is 0. The first-order valence-corrected chi connectivity index (χ1v) is 6.31. The third kappa shape index (κ3) is 2.21. The average molecular weight is 206 g/mol. The first-order valence-electron chi connectivity index (χ1n) is 4.70. The second-order valence-electron chi connectivity index (χ2n) is 3.75. The SMILES string of the molecule is CCC(CN)N1CC(C)CS1(=O)=O. The molecule has 1 aliphatic rings. The number of hydrogen-bond acceptors (Lipinski definition) is 3. The molecule has 0 aromatic heterocycles. The molecular weight excluding hydrogens is 188 g/mol. The van der Waals surface area contributed by atoms with Crippen molar-refractivity contribution in [3.63, 3.8) is 0 Å². The van der Waals surface area contributed by atoms with Crippen LogP contribution < -0.4 is 5.73 Å². The summed E-state index contributed by atoms with van der Waals surface area (Å²) in [6.45, 7) is 4.98. The van der Waals surface area contributed by atoms with Crippen molar-refractivity contribution in [1.29, 1.82) is 0 Å². The van der Waals surface area contributed by atoms with Crippen LogP contribution in [0.3, 0.4) is 0 Å². The third-order valence-corrected chi connectivity index (χ3v) is 4.65. The molecule has 0 spiro atoms. The van der Waals surface area contributed by atoms with E-state index in [1.807, 2.05) is 13.8 Å². The second kappa shape index (κ2) is 3.94. The van der Waals surface area contributed by atoms with Gasteiger partial charge in [0.15, 0.2) is 0 Å². The van der Waals surface area contributed by atoms with Gasteiger partial charge >= 0.3 is 0 Å². The molecule has 0 saturated carbocycles. The molecule has 1 rings (SSSR count). The lowest BCUT2D eigenvalue weighted by molar-refractivity contribution is 0.318. The molecule has 1 fully saturated rings. The zero-order valence-electron chi connectivity index (χ0n) is 8.23. The summed E-state index contributed by atoms with van der Waals surface area (Å²) in [6.07, 6.45) is 0.794. The molecule has 0 aliphatic carbocycles. The van der Waals surface area contributed by atoms with Gasteiger partial charge in [-0.1, -0.05) is 13.8 Å². The largest absolute Gasteiger partial charge is 0.329 e. The fourth-order valence-electron chi connectivity index (χ4n) is 1.79. The van der Waals surface area contributed by atoms with Crippen LogP contribution in [0.1, 0.15) is 20.3 Å². The second-order valence-corrected chi connectivity index (χ2v) is 5.72. The van der Waals surface area contributed by atoms with Crippen molar-refractivity contribution in [2.45, 2.75) is 26.3 Å². The van der Waals surface area contributed by atoms with Crippen LogP contribution >= 0.6 is 0 Å². The van der Waals surface area contributed by atoms with E-state index >= 15 is 0 Å². The highest BCUT2D eigenvalue weighted by atomic mass is 32.2. The quantitative estimate of drug-likeness (QED) is 0.707. The summed E-state index contributed by atoms with van der Waals surface area (Å²) in [6, 6.07) is -0.00468. The lowest BCUT2D eigenvalue weighted by Crippen LogP contribution is -2.41. The van der Waals surface area contributed by atoms with Crippen LogP contribution in [0.5, 0.6) is 0 Å². The molecule has 0 aromatic rings. The van der Waals surface area contributed by atoms with Gasteiger partial charge in [-0.25, -0.2) is 8.42 Å². The standard InChI is InChI=1S/C8H18N2O2S/c1-3-8(4-9)10-5-7(2)6-13(10,11)12/h7-8H,3-6,9H2,1-2H3. The number of nitrogens with two attached hydrogens (primary N) is 1. The highest BCUT2D eigenvalue weighted by molar-refractivity contribution is 7.89. The van der Waals surface area contributed by atoms with Crippen LogP contribution in [0.2, 0.25) is 0 Å². The van der Waals surface area contributed by atoms with Crippen molar-refractivity contribution in [2.75, 3.05) is 18.8 Å². The van der Waals surface area contributed by atoms with E-state index in [2.05, 4.69) is 0 Å². The zero-order valence-corrected chi connectivity index (χ0v) is 9.05. The Hall–Kier alpha value is -0.130. The van der Waals surface area contributed by atoms with Gasteiger partial charge in [0.2, 0.25) is 10.0 Å². The van der Waals surface area contributed by atoms with E-state index in [4.69, 9.17) is 5.73 Å². The summed E-state index contributed by atoms with van der Waals surface area (Å²) in [5.74, 6) is 0.523. The van der Waals surface area contributed by atoms with Crippen molar-refractivity contribution >= 4 is 10.0 Å². The summed E-state index contributed by atoms with van der Waals surface area (Å²) >= 11 is 0. The summed E-state index contributed by atoms with van der Waals surface area (Å²) < 4.78 is 24.8. The topological polar surface area (TPSA) is 63.4 Å². The highest BCUT2D eigenvalue weighted by Crippen LogP contribution is 2.22. The average Bonchev–Trinajstić information content (AvgIpc) is 2.28. The van der Waals surface area contributed by atoms with Crippen molar-refractivity contribution in [1.82, 2.24) is 4.31 Å². The summed E-state index contributed by atoms with van der Waals surface area (Å²) in [5.41, 5.74) is 5.52. The Bertz CT molecular complexity index is 259. The fourth-order valence-corrected chi connectivity index (χ4v) is 3.98. The van der Waals surface area contributed by atoms with Crippen LogP contribution in [0.4, 0.5) is 0 Å². The summed E-state index contributed by atoms with van der Waals surface area (Å²) in [4.78, 5) is 0. The minimum absolute atomic E-state index is 0.00468. The van der Waals surface area contributed by atoms with Crippen molar-refractivity contribution < 1.29 is 8.42 Å². The molecule has 1 aliphatic heterocycles. The van der Waals surface area contributed by atoms with Gasteiger partial charge in [-0.15, -0.1) is 0 Å². The molecule has 4 nitrogen and oxygen atoms in total. The molecule has 2 N–H and O–H groups in total. The Morgan fingerprint density at radius 2 is 2.23 bits per heavy atom. The van der Waals surface area contributed by atoms with Crippen LogP contribution in [0, 0.1) is 5.92 Å². The van der Waals surface area contributed by atoms with Crippen molar-refractivity contribution in [3.05, 3.63) is 0 Å². The van der Waals surface area contributed by atoms with E-state index in [9.17, 15) is 8.42 Å². The van der Waals surface area contributed by atoms with Crippen molar-refractivity contribution in [3.8, 4) is 0 Å². The Morgan fingerprint density at radius 3 is 2.54 bits per heavy atom. The van der Waals surface area contributed by atoms with Gasteiger partial charge in [0, 0.05) is 19.1 Å². The minimum atomic E-state index is -3.01. The van der Waals surface area contributed by atoms with Gasteiger partial charge in [0.05, 0.1) is 5.75 Å². The number of hydrogen-bond donors (Lipinski definition) is 1. The molecule has 0 amide bonds. The molecule has 0 aromatic carbocycles. The molecule has 78 valence electrons. The van der Waals surface area contributed by atoms with E-state index in [0.717, 1.165) is 6.42 Å². The number of nitrogens with zero attached hydrogens (tertiary/aromatic N) is 1. The molecule has 0 radical (unpaired) electrons. The number of rotatable bonds is 3.